The number of fused-ring (bicyclic) bond motifs is 3. The molecule has 4 heterocycles. The number of ether oxygens (including phenoxy) is 1. The van der Waals surface area contributed by atoms with E-state index >= 15 is 4.39 Å². The molecule has 11 heteroatoms. The molecular formula is C25H24F4N4O3. The van der Waals surface area contributed by atoms with Crippen LogP contribution < -0.4 is 4.74 Å². The van der Waals surface area contributed by atoms with Gasteiger partial charge in [-0.15, -0.1) is 13.2 Å². The molecule has 5 rings (SSSR count). The quantitative estimate of drug-likeness (QED) is 0.528. The molecule has 1 aromatic carbocycles. The first kappa shape index (κ1) is 24.1. The Labute approximate surface area is 204 Å². The fourth-order valence-corrected chi connectivity index (χ4v) is 5.17. The van der Waals surface area contributed by atoms with Crippen molar-refractivity contribution in [3.63, 3.8) is 0 Å². The van der Waals surface area contributed by atoms with Crippen LogP contribution in [0.2, 0.25) is 0 Å². The molecule has 1 N–H and O–H groups in total. The smallest absolute Gasteiger partial charge is 0.406 e. The van der Waals surface area contributed by atoms with Gasteiger partial charge < -0.3 is 19.5 Å². The number of aryl methyl sites for hydroxylation is 1. The minimum absolute atomic E-state index is 0.159. The van der Waals surface area contributed by atoms with Gasteiger partial charge in [-0.05, 0) is 55.9 Å². The molecule has 2 aliphatic heterocycles. The Hall–Kier alpha value is -3.63. The van der Waals surface area contributed by atoms with Crippen molar-refractivity contribution in [2.75, 3.05) is 26.7 Å². The summed E-state index contributed by atoms with van der Waals surface area (Å²) in [4.78, 5) is 36.6. The predicted molar refractivity (Wildman–Crippen MR) is 122 cm³/mol. The number of rotatable bonds is 3. The number of carbonyl (C=O) groups is 2. The van der Waals surface area contributed by atoms with E-state index in [0.717, 1.165) is 24.2 Å². The molecule has 1 saturated heterocycles. The average molecular weight is 504 g/mol. The number of nitrogens with one attached hydrogen (secondary N) is 1. The Morgan fingerprint density at radius 2 is 1.83 bits per heavy atom. The number of nitrogens with zero attached hydrogens (tertiary/aromatic N) is 3. The van der Waals surface area contributed by atoms with Crippen LogP contribution in [0.15, 0.2) is 30.5 Å². The van der Waals surface area contributed by atoms with E-state index in [1.54, 1.807) is 16.8 Å². The highest BCUT2D eigenvalue weighted by atomic mass is 19.4. The molecule has 7 nitrogen and oxygen atoms in total. The van der Waals surface area contributed by atoms with E-state index < -0.39 is 17.9 Å². The van der Waals surface area contributed by atoms with Gasteiger partial charge in [-0.2, -0.15) is 0 Å². The first-order valence-corrected chi connectivity index (χ1v) is 11.7. The number of likely N-dealkylation sites (tertiary alicyclic amines) is 1. The van der Waals surface area contributed by atoms with Gasteiger partial charge in [-0.3, -0.25) is 9.59 Å². The number of aromatic nitrogens is 2. The number of hydrogen-bond acceptors (Lipinski definition) is 4. The summed E-state index contributed by atoms with van der Waals surface area (Å²) in [7, 11) is 1.73. The second-order valence-electron chi connectivity index (χ2n) is 9.19. The lowest BCUT2D eigenvalue weighted by Gasteiger charge is -2.33. The maximum Gasteiger partial charge on any atom is 0.573 e. The molecular weight excluding hydrogens is 480 g/mol. The Bertz CT molecular complexity index is 1310. The third kappa shape index (κ3) is 4.49. The standard InChI is InChI=1S/C25H24F4N4O3/c1-32-10-2-3-18-20(24(32)35)21-19(17(26)13-30-22(21)31-18)14-8-11-33(12-9-14)23(34)15-4-6-16(7-5-15)36-25(27,28)29/h4-7,13-14H,2-3,8-12H2,1H3,(H,30,31). The third-order valence-corrected chi connectivity index (χ3v) is 6.90. The van der Waals surface area contributed by atoms with Crippen LogP contribution in [-0.2, 0) is 6.42 Å². The number of amides is 2. The van der Waals surface area contributed by atoms with Gasteiger partial charge in [0.1, 0.15) is 17.2 Å². The van der Waals surface area contributed by atoms with Crippen molar-refractivity contribution in [1.82, 2.24) is 19.8 Å². The summed E-state index contributed by atoms with van der Waals surface area (Å²) in [6.45, 7) is 1.30. The predicted octanol–water partition coefficient (Wildman–Crippen LogP) is 4.64. The average Bonchev–Trinajstić information content (AvgIpc) is 3.14. The molecule has 0 saturated carbocycles. The summed E-state index contributed by atoms with van der Waals surface area (Å²) in [6.07, 6.45) is -1.23. The zero-order valence-electron chi connectivity index (χ0n) is 19.5. The van der Waals surface area contributed by atoms with Gasteiger partial charge in [0.05, 0.1) is 11.8 Å². The molecule has 2 aliphatic rings. The number of benzene rings is 1. The van der Waals surface area contributed by atoms with Crippen LogP contribution in [-0.4, -0.2) is 64.6 Å². The summed E-state index contributed by atoms with van der Waals surface area (Å²) in [5, 5.41) is 0.522. The van der Waals surface area contributed by atoms with E-state index in [9.17, 15) is 22.8 Å². The van der Waals surface area contributed by atoms with Gasteiger partial charge in [0, 0.05) is 48.9 Å². The third-order valence-electron chi connectivity index (χ3n) is 6.90. The van der Waals surface area contributed by atoms with Crippen molar-refractivity contribution >= 4 is 22.8 Å². The van der Waals surface area contributed by atoms with Crippen molar-refractivity contribution in [3.05, 3.63) is 58.7 Å². The van der Waals surface area contributed by atoms with Gasteiger partial charge in [0.25, 0.3) is 11.8 Å². The molecule has 0 aliphatic carbocycles. The molecule has 0 unspecified atom stereocenters. The van der Waals surface area contributed by atoms with Gasteiger partial charge in [0.2, 0.25) is 0 Å². The zero-order chi connectivity index (χ0) is 25.6. The monoisotopic (exact) mass is 504 g/mol. The van der Waals surface area contributed by atoms with Crippen LogP contribution >= 0.6 is 0 Å². The van der Waals surface area contributed by atoms with E-state index in [0.29, 0.717) is 61.1 Å². The van der Waals surface area contributed by atoms with E-state index in [2.05, 4.69) is 14.7 Å². The maximum absolute atomic E-state index is 15.2. The van der Waals surface area contributed by atoms with Crippen LogP contribution in [0.4, 0.5) is 17.6 Å². The summed E-state index contributed by atoms with van der Waals surface area (Å²) in [5.74, 6) is -1.58. The highest BCUT2D eigenvalue weighted by Crippen LogP contribution is 2.38. The van der Waals surface area contributed by atoms with E-state index in [4.69, 9.17) is 0 Å². The molecule has 0 radical (unpaired) electrons. The minimum atomic E-state index is -4.81. The van der Waals surface area contributed by atoms with Gasteiger partial charge in [0.15, 0.2) is 0 Å². The summed E-state index contributed by atoms with van der Waals surface area (Å²) in [6, 6.07) is 4.78. The number of carbonyl (C=O) groups excluding carboxylic acids is 2. The van der Waals surface area contributed by atoms with Gasteiger partial charge >= 0.3 is 6.36 Å². The van der Waals surface area contributed by atoms with Crippen molar-refractivity contribution in [1.29, 1.82) is 0 Å². The molecule has 3 aromatic rings. The van der Waals surface area contributed by atoms with Gasteiger partial charge in [-0.25, -0.2) is 9.37 Å². The number of hydrogen-bond donors (Lipinski definition) is 1. The number of alkyl halides is 3. The SMILES string of the molecule is CN1CCCc2[nH]c3ncc(F)c(C4CCN(C(=O)c5ccc(OC(F)(F)F)cc5)CC4)c3c2C1=O. The fraction of sp³-hybridized carbons (Fsp3) is 0.400. The molecule has 0 atom stereocenters. The van der Waals surface area contributed by atoms with Crippen LogP contribution in [0, 0.1) is 5.82 Å². The topological polar surface area (TPSA) is 78.5 Å². The van der Waals surface area contributed by atoms with Crippen molar-refractivity contribution in [3.8, 4) is 5.75 Å². The summed E-state index contributed by atoms with van der Waals surface area (Å²) >= 11 is 0. The fourth-order valence-electron chi connectivity index (χ4n) is 5.17. The zero-order valence-corrected chi connectivity index (χ0v) is 19.5. The Balaban J connectivity index is 1.36. The summed E-state index contributed by atoms with van der Waals surface area (Å²) in [5.41, 5.74) is 2.42. The number of pyridine rings is 1. The van der Waals surface area contributed by atoms with Crippen LogP contribution in [0.1, 0.15) is 57.2 Å². The Kier molecular flexibility index (Phi) is 6.09. The first-order chi connectivity index (χ1) is 17.1. The van der Waals surface area contributed by atoms with E-state index in [-0.39, 0.29) is 23.3 Å². The van der Waals surface area contributed by atoms with Crippen molar-refractivity contribution < 1.29 is 31.9 Å². The maximum atomic E-state index is 15.2. The molecule has 190 valence electrons. The lowest BCUT2D eigenvalue weighted by atomic mass is 9.86. The van der Waals surface area contributed by atoms with E-state index in [1.807, 2.05) is 0 Å². The van der Waals surface area contributed by atoms with Gasteiger partial charge in [-0.1, -0.05) is 0 Å². The molecule has 0 spiro atoms. The minimum Gasteiger partial charge on any atom is -0.406 e. The van der Waals surface area contributed by atoms with Crippen LogP contribution in [0.5, 0.6) is 5.75 Å². The molecule has 2 amide bonds. The molecule has 1 fully saturated rings. The first-order valence-electron chi connectivity index (χ1n) is 11.7. The lowest BCUT2D eigenvalue weighted by molar-refractivity contribution is -0.274. The summed E-state index contributed by atoms with van der Waals surface area (Å²) < 4.78 is 56.2. The molecule has 2 aromatic heterocycles. The normalized spacial score (nSPS) is 17.3. The van der Waals surface area contributed by atoms with Crippen LogP contribution in [0.25, 0.3) is 11.0 Å². The van der Waals surface area contributed by atoms with Crippen molar-refractivity contribution in [2.45, 2.75) is 38.0 Å². The number of halogens is 4. The Morgan fingerprint density at radius 3 is 2.50 bits per heavy atom. The second-order valence-corrected chi connectivity index (χ2v) is 9.19. The lowest BCUT2D eigenvalue weighted by Crippen LogP contribution is -2.38. The largest absolute Gasteiger partial charge is 0.573 e. The Morgan fingerprint density at radius 1 is 1.14 bits per heavy atom. The number of H-pyrrole nitrogens is 1. The van der Waals surface area contributed by atoms with Crippen molar-refractivity contribution in [2.24, 2.45) is 0 Å². The molecule has 36 heavy (non-hydrogen) atoms. The number of aromatic amines is 1. The molecule has 0 bridgehead atoms. The van der Waals surface area contributed by atoms with Crippen LogP contribution in [0.3, 0.4) is 0 Å². The highest BCUT2D eigenvalue weighted by Gasteiger charge is 2.33. The number of piperidine rings is 1. The highest BCUT2D eigenvalue weighted by molar-refractivity contribution is 6.09. The van der Waals surface area contributed by atoms with E-state index in [1.165, 1.54) is 18.3 Å². The second kappa shape index (κ2) is 9.11.